The van der Waals surface area contributed by atoms with Crippen molar-refractivity contribution in [3.8, 4) is 0 Å². The van der Waals surface area contributed by atoms with E-state index in [1.807, 2.05) is 18.0 Å². The highest BCUT2D eigenvalue weighted by atomic mass is 32.2. The Bertz CT molecular complexity index is 523. The number of aromatic amines is 1. The van der Waals surface area contributed by atoms with Crippen LogP contribution in [0.1, 0.15) is 24.8 Å². The van der Waals surface area contributed by atoms with E-state index in [9.17, 15) is 0 Å². The van der Waals surface area contributed by atoms with Crippen LogP contribution in [-0.2, 0) is 6.54 Å². The first-order valence-corrected chi connectivity index (χ1v) is 7.86. The number of thioether (sulfide) groups is 1. The van der Waals surface area contributed by atoms with Crippen LogP contribution in [0.4, 0.5) is 0 Å². The van der Waals surface area contributed by atoms with Gasteiger partial charge in [0.2, 0.25) is 0 Å². The molecule has 3 rings (SSSR count). The lowest BCUT2D eigenvalue weighted by Crippen LogP contribution is -2.43. The van der Waals surface area contributed by atoms with E-state index in [1.165, 1.54) is 35.7 Å². The molecule has 0 radical (unpaired) electrons. The Labute approximate surface area is 113 Å². The third kappa shape index (κ3) is 2.29. The summed E-state index contributed by atoms with van der Waals surface area (Å²) < 4.78 is 0.524. The molecule has 0 atom stereocenters. The van der Waals surface area contributed by atoms with Crippen molar-refractivity contribution in [2.24, 2.45) is 0 Å². The minimum Gasteiger partial charge on any atom is -0.361 e. The molecule has 2 N–H and O–H groups in total. The molecule has 0 aliphatic heterocycles. The standard InChI is InChI=1S/C15H20N2S/c1-18-15(6-2-7-15)11-16-10-12-3-4-13-5-8-17-14(13)9-12/h3-5,8-9,16-17H,2,6-7,10-11H2,1H3. The molecule has 1 aromatic heterocycles. The van der Waals surface area contributed by atoms with Crippen LogP contribution in [0, 0.1) is 0 Å². The van der Waals surface area contributed by atoms with Crippen LogP contribution < -0.4 is 5.32 Å². The van der Waals surface area contributed by atoms with E-state index in [0.29, 0.717) is 4.75 Å². The summed E-state index contributed by atoms with van der Waals surface area (Å²) >= 11 is 2.03. The quantitative estimate of drug-likeness (QED) is 0.860. The first kappa shape index (κ1) is 12.1. The van der Waals surface area contributed by atoms with Crippen molar-refractivity contribution in [1.29, 1.82) is 0 Å². The number of rotatable bonds is 5. The predicted octanol–water partition coefficient (Wildman–Crippen LogP) is 3.54. The molecule has 0 bridgehead atoms. The molecule has 0 spiro atoms. The molecule has 1 saturated carbocycles. The lowest BCUT2D eigenvalue weighted by atomic mass is 9.84. The minimum atomic E-state index is 0.524. The zero-order chi connectivity index (χ0) is 12.4. The van der Waals surface area contributed by atoms with Crippen LogP contribution in [0.5, 0.6) is 0 Å². The average Bonchev–Trinajstić information content (AvgIpc) is 2.80. The lowest BCUT2D eigenvalue weighted by molar-refractivity contribution is 0.345. The molecule has 1 aliphatic rings. The third-order valence-electron chi connectivity index (χ3n) is 4.09. The van der Waals surface area contributed by atoms with Gasteiger partial charge in [-0.05, 0) is 42.2 Å². The van der Waals surface area contributed by atoms with Crippen molar-refractivity contribution < 1.29 is 0 Å². The maximum Gasteiger partial charge on any atom is 0.0457 e. The van der Waals surface area contributed by atoms with E-state index < -0.39 is 0 Å². The number of aromatic nitrogens is 1. The van der Waals surface area contributed by atoms with Crippen molar-refractivity contribution in [2.45, 2.75) is 30.6 Å². The second kappa shape index (κ2) is 4.98. The van der Waals surface area contributed by atoms with Gasteiger partial charge in [0.15, 0.2) is 0 Å². The molecule has 1 fully saturated rings. The van der Waals surface area contributed by atoms with Crippen LogP contribution in [0.3, 0.4) is 0 Å². The van der Waals surface area contributed by atoms with E-state index >= 15 is 0 Å². The Morgan fingerprint density at radius 2 is 2.22 bits per heavy atom. The average molecular weight is 260 g/mol. The molecule has 96 valence electrons. The summed E-state index contributed by atoms with van der Waals surface area (Å²) in [6.07, 6.45) is 8.38. The molecule has 18 heavy (non-hydrogen) atoms. The molecule has 2 nitrogen and oxygen atoms in total. The number of hydrogen-bond acceptors (Lipinski definition) is 2. The van der Waals surface area contributed by atoms with Gasteiger partial charge in [0.25, 0.3) is 0 Å². The molecule has 1 aromatic carbocycles. The Morgan fingerprint density at radius 1 is 1.33 bits per heavy atom. The zero-order valence-electron chi connectivity index (χ0n) is 10.8. The zero-order valence-corrected chi connectivity index (χ0v) is 11.6. The molecule has 1 aliphatic carbocycles. The van der Waals surface area contributed by atoms with E-state index in [2.05, 4.69) is 40.8 Å². The minimum absolute atomic E-state index is 0.524. The van der Waals surface area contributed by atoms with Gasteiger partial charge in [-0.3, -0.25) is 0 Å². The van der Waals surface area contributed by atoms with Crippen molar-refractivity contribution in [1.82, 2.24) is 10.3 Å². The molecule has 0 unspecified atom stereocenters. The molecule has 0 saturated heterocycles. The smallest absolute Gasteiger partial charge is 0.0457 e. The molecule has 2 aromatic rings. The number of hydrogen-bond donors (Lipinski definition) is 2. The highest BCUT2D eigenvalue weighted by Gasteiger charge is 2.35. The van der Waals surface area contributed by atoms with Gasteiger partial charge in [0.05, 0.1) is 0 Å². The van der Waals surface area contributed by atoms with Crippen LogP contribution >= 0.6 is 11.8 Å². The third-order valence-corrected chi connectivity index (χ3v) is 5.51. The fraction of sp³-hybridized carbons (Fsp3) is 0.467. The molecular weight excluding hydrogens is 240 g/mol. The summed E-state index contributed by atoms with van der Waals surface area (Å²) in [5.41, 5.74) is 2.60. The van der Waals surface area contributed by atoms with Crippen LogP contribution in [0.15, 0.2) is 30.5 Å². The molecule has 3 heteroatoms. The number of benzene rings is 1. The van der Waals surface area contributed by atoms with E-state index in [-0.39, 0.29) is 0 Å². The maximum absolute atomic E-state index is 3.62. The fourth-order valence-corrected chi connectivity index (χ4v) is 3.61. The van der Waals surface area contributed by atoms with Crippen LogP contribution in [-0.4, -0.2) is 22.5 Å². The summed E-state index contributed by atoms with van der Waals surface area (Å²) in [4.78, 5) is 3.27. The Balaban J connectivity index is 1.59. The van der Waals surface area contributed by atoms with E-state index in [0.717, 1.165) is 13.1 Å². The van der Waals surface area contributed by atoms with Gasteiger partial charge in [-0.2, -0.15) is 11.8 Å². The second-order valence-electron chi connectivity index (χ2n) is 5.24. The van der Waals surface area contributed by atoms with Gasteiger partial charge in [-0.25, -0.2) is 0 Å². The summed E-state index contributed by atoms with van der Waals surface area (Å²) in [6, 6.07) is 8.77. The summed E-state index contributed by atoms with van der Waals surface area (Å²) in [6.45, 7) is 2.11. The van der Waals surface area contributed by atoms with Gasteiger partial charge >= 0.3 is 0 Å². The normalized spacial score (nSPS) is 17.8. The number of H-pyrrole nitrogens is 1. The Kier molecular flexibility index (Phi) is 3.35. The lowest BCUT2D eigenvalue weighted by Gasteiger charge is -2.40. The van der Waals surface area contributed by atoms with Crippen molar-refractivity contribution in [3.05, 3.63) is 36.0 Å². The van der Waals surface area contributed by atoms with Gasteiger partial charge in [0, 0.05) is 29.6 Å². The fourth-order valence-electron chi connectivity index (χ4n) is 2.66. The molecule has 0 amide bonds. The van der Waals surface area contributed by atoms with E-state index in [4.69, 9.17) is 0 Å². The molecular formula is C15H20N2S. The Hall–Kier alpha value is -0.930. The topological polar surface area (TPSA) is 27.8 Å². The van der Waals surface area contributed by atoms with Gasteiger partial charge in [-0.1, -0.05) is 18.6 Å². The van der Waals surface area contributed by atoms with Crippen molar-refractivity contribution >= 4 is 22.7 Å². The first-order chi connectivity index (χ1) is 8.81. The van der Waals surface area contributed by atoms with Crippen LogP contribution in [0.25, 0.3) is 10.9 Å². The van der Waals surface area contributed by atoms with Gasteiger partial charge in [-0.15, -0.1) is 0 Å². The maximum atomic E-state index is 3.62. The first-order valence-electron chi connectivity index (χ1n) is 6.63. The Morgan fingerprint density at radius 3 is 2.94 bits per heavy atom. The summed E-state index contributed by atoms with van der Waals surface area (Å²) in [7, 11) is 0. The SMILES string of the molecule is CSC1(CNCc2ccc3cc[nH]c3c2)CCC1. The predicted molar refractivity (Wildman–Crippen MR) is 80.1 cm³/mol. The monoisotopic (exact) mass is 260 g/mol. The summed E-state index contributed by atoms with van der Waals surface area (Å²) in [5.74, 6) is 0. The van der Waals surface area contributed by atoms with Gasteiger partial charge in [0.1, 0.15) is 0 Å². The molecule has 1 heterocycles. The second-order valence-corrected chi connectivity index (χ2v) is 6.52. The number of nitrogens with one attached hydrogen (secondary N) is 2. The summed E-state index contributed by atoms with van der Waals surface area (Å²) in [5, 5.41) is 4.91. The number of fused-ring (bicyclic) bond motifs is 1. The van der Waals surface area contributed by atoms with E-state index in [1.54, 1.807) is 0 Å². The highest BCUT2D eigenvalue weighted by Crippen LogP contribution is 2.42. The van der Waals surface area contributed by atoms with Crippen LogP contribution in [0.2, 0.25) is 0 Å². The van der Waals surface area contributed by atoms with Gasteiger partial charge < -0.3 is 10.3 Å². The largest absolute Gasteiger partial charge is 0.361 e. The highest BCUT2D eigenvalue weighted by molar-refractivity contribution is 8.00. The van der Waals surface area contributed by atoms with Crippen molar-refractivity contribution in [3.63, 3.8) is 0 Å². The van der Waals surface area contributed by atoms with Crippen molar-refractivity contribution in [2.75, 3.05) is 12.8 Å².